The fraction of sp³-hybridized carbons (Fsp3) is 0.846. The number of ether oxygens (including phenoxy) is 1. The number of nitrogens with zero attached hydrogens (tertiary/aromatic N) is 1. The number of carbonyl (C=O) groups excluding carboxylic acids is 2. The molecule has 0 radical (unpaired) electrons. The SMILES string of the molecule is CC1CN(C(=O)CCC2CCCO2)CCC1=O. The molecule has 17 heavy (non-hydrogen) atoms. The van der Waals surface area contributed by atoms with Gasteiger partial charge in [-0.2, -0.15) is 0 Å². The fourth-order valence-electron chi connectivity index (χ4n) is 2.56. The quantitative estimate of drug-likeness (QED) is 0.747. The minimum atomic E-state index is 0.00966. The monoisotopic (exact) mass is 239 g/mol. The summed E-state index contributed by atoms with van der Waals surface area (Å²) in [5.74, 6) is 0.475. The Kier molecular flexibility index (Phi) is 4.15. The van der Waals surface area contributed by atoms with Crippen LogP contribution in [0.15, 0.2) is 0 Å². The van der Waals surface area contributed by atoms with Crippen LogP contribution in [0.5, 0.6) is 0 Å². The van der Waals surface area contributed by atoms with E-state index in [1.54, 1.807) is 0 Å². The van der Waals surface area contributed by atoms with Gasteiger partial charge in [0, 0.05) is 38.5 Å². The highest BCUT2D eigenvalue weighted by Gasteiger charge is 2.27. The van der Waals surface area contributed by atoms with Gasteiger partial charge in [0.1, 0.15) is 5.78 Å². The number of piperidine rings is 1. The van der Waals surface area contributed by atoms with Crippen LogP contribution in [-0.4, -0.2) is 42.4 Å². The highest BCUT2D eigenvalue weighted by atomic mass is 16.5. The van der Waals surface area contributed by atoms with Gasteiger partial charge in [0.15, 0.2) is 0 Å². The van der Waals surface area contributed by atoms with Crippen molar-refractivity contribution in [3.05, 3.63) is 0 Å². The van der Waals surface area contributed by atoms with Crippen LogP contribution in [0, 0.1) is 5.92 Å². The Labute approximate surface area is 102 Å². The maximum atomic E-state index is 12.0. The average Bonchev–Trinajstić information content (AvgIpc) is 2.82. The second kappa shape index (κ2) is 5.63. The molecule has 2 aliphatic rings. The molecule has 0 aromatic heterocycles. The molecule has 2 saturated heterocycles. The second-order valence-corrected chi connectivity index (χ2v) is 5.13. The number of Topliss-reactive ketones (excluding diaryl/α,β-unsaturated/α-hetero) is 1. The van der Waals surface area contributed by atoms with E-state index in [2.05, 4.69) is 0 Å². The first-order valence-corrected chi connectivity index (χ1v) is 6.59. The summed E-state index contributed by atoms with van der Waals surface area (Å²) in [7, 11) is 0. The van der Waals surface area contributed by atoms with E-state index >= 15 is 0 Å². The predicted octanol–water partition coefficient (Wildman–Crippen LogP) is 1.38. The number of rotatable bonds is 3. The minimum absolute atomic E-state index is 0.00966. The van der Waals surface area contributed by atoms with Crippen LogP contribution >= 0.6 is 0 Å². The molecule has 0 N–H and O–H groups in total. The summed E-state index contributed by atoms with van der Waals surface area (Å²) in [4.78, 5) is 25.2. The van der Waals surface area contributed by atoms with Crippen molar-refractivity contribution in [3.63, 3.8) is 0 Å². The van der Waals surface area contributed by atoms with E-state index in [0.717, 1.165) is 25.9 Å². The fourth-order valence-corrected chi connectivity index (χ4v) is 2.56. The molecule has 1 amide bonds. The van der Waals surface area contributed by atoms with Crippen molar-refractivity contribution >= 4 is 11.7 Å². The van der Waals surface area contributed by atoms with Crippen molar-refractivity contribution in [3.8, 4) is 0 Å². The predicted molar refractivity (Wildman–Crippen MR) is 63.6 cm³/mol. The lowest BCUT2D eigenvalue weighted by Crippen LogP contribution is -2.43. The lowest BCUT2D eigenvalue weighted by atomic mass is 9.98. The van der Waals surface area contributed by atoms with E-state index in [1.807, 2.05) is 11.8 Å². The third-order valence-electron chi connectivity index (χ3n) is 3.73. The Morgan fingerprint density at radius 3 is 3.00 bits per heavy atom. The van der Waals surface area contributed by atoms with Crippen molar-refractivity contribution in [2.24, 2.45) is 5.92 Å². The van der Waals surface area contributed by atoms with Crippen LogP contribution in [0.3, 0.4) is 0 Å². The molecule has 4 nitrogen and oxygen atoms in total. The van der Waals surface area contributed by atoms with Crippen molar-refractivity contribution in [2.75, 3.05) is 19.7 Å². The lowest BCUT2D eigenvalue weighted by Gasteiger charge is -2.30. The Balaban J connectivity index is 1.73. The van der Waals surface area contributed by atoms with Gasteiger partial charge in [0.05, 0.1) is 6.10 Å². The van der Waals surface area contributed by atoms with Gasteiger partial charge in [-0.3, -0.25) is 9.59 Å². The normalized spacial score (nSPS) is 29.7. The molecular weight excluding hydrogens is 218 g/mol. The molecule has 0 aromatic rings. The van der Waals surface area contributed by atoms with Gasteiger partial charge in [-0.25, -0.2) is 0 Å². The molecule has 0 aliphatic carbocycles. The molecule has 2 aliphatic heterocycles. The first-order chi connectivity index (χ1) is 8.16. The Morgan fingerprint density at radius 2 is 2.35 bits per heavy atom. The van der Waals surface area contributed by atoms with Crippen LogP contribution < -0.4 is 0 Å². The van der Waals surface area contributed by atoms with Crippen LogP contribution in [0.4, 0.5) is 0 Å². The summed E-state index contributed by atoms with van der Waals surface area (Å²) in [5.41, 5.74) is 0. The molecule has 2 atom stereocenters. The zero-order valence-electron chi connectivity index (χ0n) is 10.5. The van der Waals surface area contributed by atoms with Gasteiger partial charge in [0.2, 0.25) is 5.91 Å². The van der Waals surface area contributed by atoms with Crippen LogP contribution in [0.1, 0.15) is 39.0 Å². The number of likely N-dealkylation sites (tertiary alicyclic amines) is 1. The van der Waals surface area contributed by atoms with Crippen LogP contribution in [0.2, 0.25) is 0 Å². The molecule has 2 fully saturated rings. The summed E-state index contributed by atoms with van der Waals surface area (Å²) in [6.45, 7) is 3.95. The number of ketones is 1. The molecule has 0 aromatic carbocycles. The zero-order chi connectivity index (χ0) is 12.3. The van der Waals surface area contributed by atoms with E-state index in [9.17, 15) is 9.59 Å². The average molecular weight is 239 g/mol. The van der Waals surface area contributed by atoms with E-state index in [1.165, 1.54) is 0 Å². The van der Waals surface area contributed by atoms with E-state index in [-0.39, 0.29) is 23.7 Å². The van der Waals surface area contributed by atoms with Gasteiger partial charge in [-0.1, -0.05) is 6.92 Å². The topological polar surface area (TPSA) is 46.6 Å². The molecule has 2 rings (SSSR count). The van der Waals surface area contributed by atoms with E-state index in [0.29, 0.717) is 25.9 Å². The van der Waals surface area contributed by atoms with Gasteiger partial charge < -0.3 is 9.64 Å². The lowest BCUT2D eigenvalue weighted by molar-refractivity contribution is -0.137. The first kappa shape index (κ1) is 12.6. The van der Waals surface area contributed by atoms with Gasteiger partial charge >= 0.3 is 0 Å². The van der Waals surface area contributed by atoms with E-state index in [4.69, 9.17) is 4.74 Å². The summed E-state index contributed by atoms with van der Waals surface area (Å²) in [6.07, 6.45) is 4.40. The summed E-state index contributed by atoms with van der Waals surface area (Å²) < 4.78 is 5.50. The van der Waals surface area contributed by atoms with Gasteiger partial charge in [-0.15, -0.1) is 0 Å². The molecule has 0 saturated carbocycles. The standard InChI is InChI=1S/C13H21NO3/c1-10-9-14(7-6-12(10)15)13(16)5-4-11-3-2-8-17-11/h10-11H,2-9H2,1H3. The highest BCUT2D eigenvalue weighted by molar-refractivity contribution is 5.85. The van der Waals surface area contributed by atoms with Crippen molar-refractivity contribution in [1.82, 2.24) is 4.90 Å². The van der Waals surface area contributed by atoms with Gasteiger partial charge in [0.25, 0.3) is 0 Å². The molecule has 2 unspecified atom stereocenters. The Hall–Kier alpha value is -0.900. The minimum Gasteiger partial charge on any atom is -0.378 e. The van der Waals surface area contributed by atoms with Crippen molar-refractivity contribution < 1.29 is 14.3 Å². The zero-order valence-corrected chi connectivity index (χ0v) is 10.5. The molecular formula is C13H21NO3. The Morgan fingerprint density at radius 1 is 1.53 bits per heavy atom. The molecule has 0 spiro atoms. The Bertz CT molecular complexity index is 297. The number of hydrogen-bond donors (Lipinski definition) is 0. The smallest absolute Gasteiger partial charge is 0.222 e. The third-order valence-corrected chi connectivity index (χ3v) is 3.73. The summed E-state index contributed by atoms with van der Waals surface area (Å²) >= 11 is 0. The van der Waals surface area contributed by atoms with E-state index < -0.39 is 0 Å². The van der Waals surface area contributed by atoms with Crippen molar-refractivity contribution in [1.29, 1.82) is 0 Å². The van der Waals surface area contributed by atoms with Crippen LogP contribution in [-0.2, 0) is 14.3 Å². The molecule has 4 heteroatoms. The number of amides is 1. The second-order valence-electron chi connectivity index (χ2n) is 5.13. The summed E-state index contributed by atoms with van der Waals surface area (Å²) in [6, 6.07) is 0. The number of carbonyl (C=O) groups is 2. The number of hydrogen-bond acceptors (Lipinski definition) is 3. The third kappa shape index (κ3) is 3.28. The maximum Gasteiger partial charge on any atom is 0.222 e. The van der Waals surface area contributed by atoms with Crippen LogP contribution in [0.25, 0.3) is 0 Å². The van der Waals surface area contributed by atoms with Gasteiger partial charge in [-0.05, 0) is 19.3 Å². The highest BCUT2D eigenvalue weighted by Crippen LogP contribution is 2.19. The molecule has 2 heterocycles. The molecule has 0 bridgehead atoms. The largest absolute Gasteiger partial charge is 0.378 e. The molecule has 96 valence electrons. The first-order valence-electron chi connectivity index (χ1n) is 6.59. The summed E-state index contributed by atoms with van der Waals surface area (Å²) in [5, 5.41) is 0. The van der Waals surface area contributed by atoms with Crippen molar-refractivity contribution in [2.45, 2.75) is 45.1 Å². The maximum absolute atomic E-state index is 12.0.